The second-order valence-corrected chi connectivity index (χ2v) is 6.05. The monoisotopic (exact) mass is 375 g/mol. The van der Waals surface area contributed by atoms with E-state index in [4.69, 9.17) is 4.74 Å². The van der Waals surface area contributed by atoms with Crippen molar-refractivity contribution in [1.82, 2.24) is 4.90 Å². The van der Waals surface area contributed by atoms with E-state index in [9.17, 15) is 39.5 Å². The maximum Gasteiger partial charge on any atom is 0.431 e. The third-order valence-corrected chi connectivity index (χ3v) is 3.72. The molecule has 0 radical (unpaired) electrons. The summed E-state index contributed by atoms with van der Waals surface area (Å²) >= 11 is 0. The number of alkyl halides is 9. The molecular weight excluding hydrogens is 357 g/mol. The predicted octanol–water partition coefficient (Wildman–Crippen LogP) is 4.20. The lowest BCUT2D eigenvalue weighted by Crippen LogP contribution is -2.56. The van der Waals surface area contributed by atoms with E-state index in [2.05, 4.69) is 0 Å². The van der Waals surface area contributed by atoms with E-state index in [0.717, 1.165) is 0 Å². The number of morpholine rings is 1. The molecular formula is C13H18F9NO. The maximum absolute atomic E-state index is 13.7. The minimum atomic E-state index is -6.47. The fourth-order valence-electron chi connectivity index (χ4n) is 2.59. The first-order valence-electron chi connectivity index (χ1n) is 7.18. The molecule has 0 aromatic heterocycles. The topological polar surface area (TPSA) is 12.5 Å². The highest BCUT2D eigenvalue weighted by atomic mass is 19.4. The van der Waals surface area contributed by atoms with Crippen LogP contribution in [0.25, 0.3) is 0 Å². The van der Waals surface area contributed by atoms with Gasteiger partial charge in [-0.05, 0) is 5.92 Å². The largest absolute Gasteiger partial charge is 0.431 e. The summed E-state index contributed by atoms with van der Waals surface area (Å²) in [5, 5.41) is 0. The molecule has 11 heteroatoms. The number of halogens is 9. The summed E-state index contributed by atoms with van der Waals surface area (Å²) in [6, 6.07) is 0. The molecule has 0 saturated carbocycles. The van der Waals surface area contributed by atoms with E-state index < -0.39 is 42.7 Å². The Morgan fingerprint density at radius 2 is 1.33 bits per heavy atom. The van der Waals surface area contributed by atoms with E-state index in [-0.39, 0.29) is 6.54 Å². The Balaban J connectivity index is 2.75. The summed E-state index contributed by atoms with van der Waals surface area (Å²) in [7, 11) is 0. The van der Waals surface area contributed by atoms with Crippen molar-refractivity contribution in [3.8, 4) is 0 Å². The van der Waals surface area contributed by atoms with Gasteiger partial charge in [0.25, 0.3) is 5.92 Å². The lowest BCUT2D eigenvalue weighted by atomic mass is 9.90. The van der Waals surface area contributed by atoms with Crippen molar-refractivity contribution < 1.29 is 44.3 Å². The smallest absolute Gasteiger partial charge is 0.379 e. The molecule has 0 N–H and O–H groups in total. The third kappa shape index (κ3) is 5.40. The van der Waals surface area contributed by atoms with Gasteiger partial charge in [0.2, 0.25) is 0 Å². The van der Waals surface area contributed by atoms with Gasteiger partial charge in [0, 0.05) is 26.1 Å². The Morgan fingerprint density at radius 3 is 1.75 bits per heavy atom. The molecule has 0 aromatic carbocycles. The molecule has 24 heavy (non-hydrogen) atoms. The Labute approximate surface area is 132 Å². The number of ether oxygens (including phenoxy) is 1. The standard InChI is InChI=1S/C13H18F9NO/c1-9(7-23-2-4-24-5-3-23)6-10(14,15)8-11(16,12(17,18)19)13(20,21)22/h9H,2-8H2,1H3. The Hall–Kier alpha value is -0.710. The van der Waals surface area contributed by atoms with Gasteiger partial charge in [0.05, 0.1) is 19.6 Å². The second kappa shape index (κ2) is 7.27. The third-order valence-electron chi connectivity index (χ3n) is 3.72. The zero-order chi connectivity index (χ0) is 18.8. The van der Waals surface area contributed by atoms with Gasteiger partial charge in [-0.1, -0.05) is 6.92 Å². The fourth-order valence-corrected chi connectivity index (χ4v) is 2.59. The van der Waals surface area contributed by atoms with Gasteiger partial charge in [0.1, 0.15) is 0 Å². The molecule has 0 spiro atoms. The van der Waals surface area contributed by atoms with Crippen LogP contribution in [0, 0.1) is 5.92 Å². The van der Waals surface area contributed by atoms with E-state index in [1.54, 1.807) is 4.90 Å². The van der Waals surface area contributed by atoms with Crippen molar-refractivity contribution in [3.05, 3.63) is 0 Å². The fraction of sp³-hybridized carbons (Fsp3) is 1.00. The molecule has 1 heterocycles. The second-order valence-electron chi connectivity index (χ2n) is 6.05. The lowest BCUT2D eigenvalue weighted by molar-refractivity contribution is -0.355. The highest BCUT2D eigenvalue weighted by Gasteiger charge is 2.74. The van der Waals surface area contributed by atoms with Crippen LogP contribution < -0.4 is 0 Å². The van der Waals surface area contributed by atoms with E-state index >= 15 is 0 Å². The molecule has 1 aliphatic rings. The summed E-state index contributed by atoms with van der Waals surface area (Å²) in [6.45, 7) is 2.89. The zero-order valence-corrected chi connectivity index (χ0v) is 12.8. The highest BCUT2D eigenvalue weighted by molar-refractivity contribution is 4.98. The van der Waals surface area contributed by atoms with Crippen LogP contribution in [0.2, 0.25) is 0 Å². The van der Waals surface area contributed by atoms with Gasteiger partial charge in [-0.3, -0.25) is 4.90 Å². The summed E-state index contributed by atoms with van der Waals surface area (Å²) in [5.74, 6) is -5.37. The van der Waals surface area contributed by atoms with Crippen molar-refractivity contribution in [2.75, 3.05) is 32.8 Å². The van der Waals surface area contributed by atoms with Crippen molar-refractivity contribution in [1.29, 1.82) is 0 Å². The molecule has 1 rings (SSSR count). The molecule has 1 unspecified atom stereocenters. The summed E-state index contributed by atoms with van der Waals surface area (Å²) < 4.78 is 120. The minimum Gasteiger partial charge on any atom is -0.379 e. The highest BCUT2D eigenvalue weighted by Crippen LogP contribution is 2.52. The van der Waals surface area contributed by atoms with Crippen molar-refractivity contribution in [2.45, 2.75) is 43.7 Å². The van der Waals surface area contributed by atoms with Gasteiger partial charge in [-0.25, -0.2) is 13.2 Å². The summed E-state index contributed by atoms with van der Waals surface area (Å²) in [4.78, 5) is 1.71. The van der Waals surface area contributed by atoms with Crippen molar-refractivity contribution in [2.24, 2.45) is 5.92 Å². The van der Waals surface area contributed by atoms with Crippen LogP contribution in [0.1, 0.15) is 19.8 Å². The van der Waals surface area contributed by atoms with Gasteiger partial charge < -0.3 is 4.74 Å². The van der Waals surface area contributed by atoms with Crippen molar-refractivity contribution >= 4 is 0 Å². The number of rotatable bonds is 6. The number of hydrogen-bond donors (Lipinski definition) is 0. The van der Waals surface area contributed by atoms with Crippen LogP contribution in [0.3, 0.4) is 0 Å². The first-order valence-corrected chi connectivity index (χ1v) is 7.18. The normalized spacial score (nSPS) is 20.2. The molecule has 0 amide bonds. The average Bonchev–Trinajstić information content (AvgIpc) is 2.35. The quantitative estimate of drug-likeness (QED) is 0.645. The molecule has 2 nitrogen and oxygen atoms in total. The first-order chi connectivity index (χ1) is 10.7. The average molecular weight is 375 g/mol. The summed E-state index contributed by atoms with van der Waals surface area (Å²) in [5.41, 5.74) is -5.94. The first kappa shape index (κ1) is 21.3. The zero-order valence-electron chi connectivity index (χ0n) is 12.8. The molecule has 1 fully saturated rings. The number of hydrogen-bond acceptors (Lipinski definition) is 2. The van der Waals surface area contributed by atoms with Gasteiger partial charge >= 0.3 is 18.0 Å². The molecule has 0 aromatic rings. The lowest BCUT2D eigenvalue weighted by Gasteiger charge is -2.34. The molecule has 144 valence electrons. The SMILES string of the molecule is CC(CN1CCOCC1)CC(F)(F)CC(F)(C(F)(F)F)C(F)(F)F. The van der Waals surface area contributed by atoms with Crippen LogP contribution in [0.5, 0.6) is 0 Å². The van der Waals surface area contributed by atoms with E-state index in [1.807, 2.05) is 0 Å². The van der Waals surface area contributed by atoms with Crippen LogP contribution in [-0.2, 0) is 4.74 Å². The van der Waals surface area contributed by atoms with Crippen LogP contribution in [0.15, 0.2) is 0 Å². The van der Waals surface area contributed by atoms with E-state index in [0.29, 0.717) is 26.3 Å². The maximum atomic E-state index is 13.7. The predicted molar refractivity (Wildman–Crippen MR) is 66.6 cm³/mol. The Bertz CT molecular complexity index is 387. The van der Waals surface area contributed by atoms with Crippen LogP contribution >= 0.6 is 0 Å². The van der Waals surface area contributed by atoms with Gasteiger partial charge in [-0.2, -0.15) is 26.3 Å². The Kier molecular flexibility index (Phi) is 6.46. The molecule has 1 atom stereocenters. The van der Waals surface area contributed by atoms with E-state index in [1.165, 1.54) is 6.92 Å². The number of nitrogens with zero attached hydrogens (tertiary/aromatic N) is 1. The molecule has 0 aliphatic carbocycles. The van der Waals surface area contributed by atoms with Gasteiger partial charge in [0.15, 0.2) is 0 Å². The van der Waals surface area contributed by atoms with Crippen LogP contribution in [0.4, 0.5) is 39.5 Å². The Morgan fingerprint density at radius 1 is 0.875 bits per heavy atom. The minimum absolute atomic E-state index is 0.0519. The molecule has 1 saturated heterocycles. The van der Waals surface area contributed by atoms with Crippen LogP contribution in [-0.4, -0.2) is 61.7 Å². The molecule has 0 bridgehead atoms. The van der Waals surface area contributed by atoms with Crippen molar-refractivity contribution in [3.63, 3.8) is 0 Å². The van der Waals surface area contributed by atoms with Gasteiger partial charge in [-0.15, -0.1) is 0 Å². The summed E-state index contributed by atoms with van der Waals surface area (Å²) in [6.07, 6.45) is -17.2. The molecule has 1 aliphatic heterocycles.